The van der Waals surface area contributed by atoms with Crippen molar-refractivity contribution in [2.45, 2.75) is 31.6 Å². The van der Waals surface area contributed by atoms with E-state index in [0.29, 0.717) is 12.8 Å². The van der Waals surface area contributed by atoms with Crippen LogP contribution in [0.4, 0.5) is 0 Å². The Morgan fingerprint density at radius 2 is 1.94 bits per heavy atom. The van der Waals surface area contributed by atoms with Gasteiger partial charge in [-0.2, -0.15) is 0 Å². The second kappa shape index (κ2) is 6.40. The van der Waals surface area contributed by atoms with E-state index in [0.717, 1.165) is 12.0 Å². The Morgan fingerprint density at radius 1 is 1.29 bits per heavy atom. The van der Waals surface area contributed by atoms with Gasteiger partial charge in [0.15, 0.2) is 0 Å². The van der Waals surface area contributed by atoms with Gasteiger partial charge in [-0.3, -0.25) is 4.79 Å². The first-order valence-electron chi connectivity index (χ1n) is 5.90. The Bertz CT molecular complexity index is 348. The highest BCUT2D eigenvalue weighted by Gasteiger charge is 2.35. The molecule has 0 spiro atoms. The fourth-order valence-corrected chi connectivity index (χ4v) is 1.99. The number of aliphatic hydroxyl groups is 1. The lowest BCUT2D eigenvalue weighted by molar-refractivity contribution is -0.147. The summed E-state index contributed by atoms with van der Waals surface area (Å²) < 4.78 is 4.90. The summed E-state index contributed by atoms with van der Waals surface area (Å²) in [6.07, 6.45) is 2.20. The SMILES string of the molecule is COC(=O)C(C)(CCCCO)c1ccccc1. The highest BCUT2D eigenvalue weighted by Crippen LogP contribution is 2.30. The molecule has 0 aromatic heterocycles. The lowest BCUT2D eigenvalue weighted by Gasteiger charge is -2.27. The van der Waals surface area contributed by atoms with Crippen LogP contribution in [-0.4, -0.2) is 24.8 Å². The van der Waals surface area contributed by atoms with Crippen LogP contribution in [-0.2, 0) is 14.9 Å². The number of benzene rings is 1. The third kappa shape index (κ3) is 3.30. The normalized spacial score (nSPS) is 14.1. The molecule has 1 aromatic rings. The monoisotopic (exact) mass is 236 g/mol. The summed E-state index contributed by atoms with van der Waals surface area (Å²) in [4.78, 5) is 11.9. The predicted octanol–water partition coefficient (Wildman–Crippen LogP) is 2.28. The molecular formula is C14H20O3. The maximum Gasteiger partial charge on any atom is 0.315 e. The van der Waals surface area contributed by atoms with Crippen molar-refractivity contribution >= 4 is 5.97 Å². The Labute approximate surface area is 102 Å². The molecular weight excluding hydrogens is 216 g/mol. The van der Waals surface area contributed by atoms with E-state index in [1.807, 2.05) is 37.3 Å². The van der Waals surface area contributed by atoms with E-state index in [2.05, 4.69) is 0 Å². The Hall–Kier alpha value is -1.35. The van der Waals surface area contributed by atoms with Gasteiger partial charge in [-0.15, -0.1) is 0 Å². The average molecular weight is 236 g/mol. The van der Waals surface area contributed by atoms with Gasteiger partial charge in [0.05, 0.1) is 12.5 Å². The van der Waals surface area contributed by atoms with Crippen LogP contribution in [0, 0.1) is 0 Å². The molecule has 0 aliphatic heterocycles. The van der Waals surface area contributed by atoms with Crippen molar-refractivity contribution < 1.29 is 14.6 Å². The van der Waals surface area contributed by atoms with Crippen LogP contribution >= 0.6 is 0 Å². The highest BCUT2D eigenvalue weighted by molar-refractivity contribution is 5.82. The van der Waals surface area contributed by atoms with Crippen molar-refractivity contribution in [1.82, 2.24) is 0 Å². The molecule has 0 aliphatic carbocycles. The van der Waals surface area contributed by atoms with Gasteiger partial charge in [-0.1, -0.05) is 30.3 Å². The first kappa shape index (κ1) is 13.7. The van der Waals surface area contributed by atoms with Gasteiger partial charge in [-0.25, -0.2) is 0 Å². The minimum absolute atomic E-state index is 0.159. The first-order valence-corrected chi connectivity index (χ1v) is 5.90. The number of hydrogen-bond donors (Lipinski definition) is 1. The van der Waals surface area contributed by atoms with Crippen molar-refractivity contribution in [1.29, 1.82) is 0 Å². The summed E-state index contributed by atoms with van der Waals surface area (Å²) in [6, 6.07) is 9.64. The lowest BCUT2D eigenvalue weighted by Crippen LogP contribution is -2.33. The van der Waals surface area contributed by atoms with Crippen LogP contribution in [0.15, 0.2) is 30.3 Å². The van der Waals surface area contributed by atoms with E-state index < -0.39 is 5.41 Å². The largest absolute Gasteiger partial charge is 0.468 e. The minimum Gasteiger partial charge on any atom is -0.468 e. The lowest BCUT2D eigenvalue weighted by atomic mass is 9.78. The summed E-state index contributed by atoms with van der Waals surface area (Å²) in [5, 5.41) is 8.81. The van der Waals surface area contributed by atoms with Crippen molar-refractivity contribution in [2.24, 2.45) is 0 Å². The number of unbranched alkanes of at least 4 members (excludes halogenated alkanes) is 1. The third-order valence-electron chi connectivity index (χ3n) is 3.13. The van der Waals surface area contributed by atoms with Crippen LogP contribution < -0.4 is 0 Å². The Balaban J connectivity index is 2.90. The summed E-state index contributed by atoms with van der Waals surface area (Å²) >= 11 is 0. The quantitative estimate of drug-likeness (QED) is 0.609. The molecule has 1 N–H and O–H groups in total. The van der Waals surface area contributed by atoms with Crippen molar-refractivity contribution in [3.63, 3.8) is 0 Å². The molecule has 0 aliphatic rings. The molecule has 1 unspecified atom stereocenters. The standard InChI is InChI=1S/C14H20O3/c1-14(13(16)17-2,10-6-7-11-15)12-8-4-3-5-9-12/h3-5,8-9,15H,6-7,10-11H2,1-2H3. The third-order valence-corrected chi connectivity index (χ3v) is 3.13. The Morgan fingerprint density at radius 3 is 2.47 bits per heavy atom. The first-order chi connectivity index (χ1) is 8.15. The van der Waals surface area contributed by atoms with Crippen LogP contribution in [0.3, 0.4) is 0 Å². The predicted molar refractivity (Wildman–Crippen MR) is 66.7 cm³/mol. The van der Waals surface area contributed by atoms with E-state index >= 15 is 0 Å². The molecule has 0 heterocycles. The van der Waals surface area contributed by atoms with Crippen molar-refractivity contribution in [2.75, 3.05) is 13.7 Å². The number of ether oxygens (including phenoxy) is 1. The van der Waals surface area contributed by atoms with Gasteiger partial charge in [0.1, 0.15) is 0 Å². The number of carbonyl (C=O) groups excluding carboxylic acids is 1. The van der Waals surface area contributed by atoms with Gasteiger partial charge in [0, 0.05) is 6.61 Å². The van der Waals surface area contributed by atoms with E-state index in [1.165, 1.54) is 7.11 Å². The Kier molecular flexibility index (Phi) is 5.16. The highest BCUT2D eigenvalue weighted by atomic mass is 16.5. The fraction of sp³-hybridized carbons (Fsp3) is 0.500. The zero-order valence-corrected chi connectivity index (χ0v) is 10.5. The molecule has 3 nitrogen and oxygen atoms in total. The molecule has 0 saturated carbocycles. The maximum atomic E-state index is 11.9. The minimum atomic E-state index is -0.620. The topological polar surface area (TPSA) is 46.5 Å². The molecule has 17 heavy (non-hydrogen) atoms. The summed E-state index contributed by atoms with van der Waals surface area (Å²) in [7, 11) is 1.41. The summed E-state index contributed by atoms with van der Waals surface area (Å²) in [5.74, 6) is -0.221. The average Bonchev–Trinajstić information content (AvgIpc) is 2.39. The zero-order chi connectivity index (χ0) is 12.7. The van der Waals surface area contributed by atoms with Crippen LogP contribution in [0.25, 0.3) is 0 Å². The van der Waals surface area contributed by atoms with E-state index in [1.54, 1.807) is 0 Å². The van der Waals surface area contributed by atoms with Gasteiger partial charge in [-0.05, 0) is 31.7 Å². The molecule has 1 aromatic carbocycles. The van der Waals surface area contributed by atoms with Crippen LogP contribution in [0.5, 0.6) is 0 Å². The number of aliphatic hydroxyl groups excluding tert-OH is 1. The number of carbonyl (C=O) groups is 1. The van der Waals surface area contributed by atoms with Gasteiger partial charge >= 0.3 is 5.97 Å². The molecule has 94 valence electrons. The summed E-state index contributed by atoms with van der Waals surface area (Å²) in [6.45, 7) is 2.05. The molecule has 0 radical (unpaired) electrons. The van der Waals surface area contributed by atoms with Gasteiger partial charge in [0.2, 0.25) is 0 Å². The molecule has 0 bridgehead atoms. The number of rotatable bonds is 6. The van der Waals surface area contributed by atoms with Crippen LogP contribution in [0.1, 0.15) is 31.7 Å². The smallest absolute Gasteiger partial charge is 0.315 e. The van der Waals surface area contributed by atoms with E-state index in [4.69, 9.17) is 9.84 Å². The maximum absolute atomic E-state index is 11.9. The second-order valence-electron chi connectivity index (χ2n) is 4.37. The van der Waals surface area contributed by atoms with Crippen molar-refractivity contribution in [3.05, 3.63) is 35.9 Å². The molecule has 3 heteroatoms. The zero-order valence-electron chi connectivity index (χ0n) is 10.5. The molecule has 0 fully saturated rings. The number of hydrogen-bond acceptors (Lipinski definition) is 3. The summed E-state index contributed by atoms with van der Waals surface area (Å²) in [5.41, 5.74) is 0.343. The fourth-order valence-electron chi connectivity index (χ4n) is 1.99. The van der Waals surface area contributed by atoms with Crippen LogP contribution in [0.2, 0.25) is 0 Å². The second-order valence-corrected chi connectivity index (χ2v) is 4.37. The van der Waals surface area contributed by atoms with E-state index in [-0.39, 0.29) is 12.6 Å². The molecule has 0 saturated heterocycles. The van der Waals surface area contributed by atoms with Gasteiger partial charge < -0.3 is 9.84 Å². The van der Waals surface area contributed by atoms with Crippen molar-refractivity contribution in [3.8, 4) is 0 Å². The number of esters is 1. The molecule has 0 amide bonds. The molecule has 1 rings (SSSR count). The number of methoxy groups -OCH3 is 1. The molecule has 1 atom stereocenters. The van der Waals surface area contributed by atoms with E-state index in [9.17, 15) is 4.79 Å². The van der Waals surface area contributed by atoms with Gasteiger partial charge in [0.25, 0.3) is 0 Å².